The Kier molecular flexibility index (Phi) is 6.51. The van der Waals surface area contributed by atoms with Gasteiger partial charge < -0.3 is 4.74 Å². The molecule has 0 aromatic heterocycles. The Morgan fingerprint density at radius 2 is 1.78 bits per heavy atom. The van der Waals surface area contributed by atoms with E-state index in [4.69, 9.17) is 0 Å². The summed E-state index contributed by atoms with van der Waals surface area (Å²) in [7, 11) is -5.00. The van der Waals surface area contributed by atoms with Gasteiger partial charge in [-0.25, -0.2) is 13.4 Å². The molecule has 1 rings (SSSR count). The maximum absolute atomic E-state index is 12.7. The van der Waals surface area contributed by atoms with Crippen LogP contribution < -0.4 is 0 Å². The molecule has 0 N–H and O–H groups in total. The highest BCUT2D eigenvalue weighted by Crippen LogP contribution is 2.27. The lowest BCUT2D eigenvalue weighted by molar-refractivity contribution is -0.149. The normalized spacial score (nSPS) is 13.6. The molecule has 0 heterocycles. The Balaban J connectivity index is 2.69. The highest BCUT2D eigenvalue weighted by molar-refractivity contribution is 7.87. The lowest BCUT2D eigenvalue weighted by atomic mass is 10.1. The van der Waals surface area contributed by atoms with Gasteiger partial charge in [-0.15, -0.1) is 0 Å². The predicted octanol–water partition coefficient (Wildman–Crippen LogP) is 2.56. The first-order chi connectivity index (χ1) is 10.6. The van der Waals surface area contributed by atoms with E-state index in [0.717, 1.165) is 7.11 Å². The second kappa shape index (κ2) is 7.73. The number of benzene rings is 1. The Morgan fingerprint density at radius 3 is 2.26 bits per heavy atom. The molecule has 0 radical (unpaired) electrons. The molecule has 0 aliphatic rings. The van der Waals surface area contributed by atoms with Crippen LogP contribution in [0.2, 0.25) is 0 Å². The number of ether oxygens (including phenoxy) is 1. The van der Waals surface area contributed by atoms with Gasteiger partial charge >= 0.3 is 21.6 Å². The van der Waals surface area contributed by atoms with Gasteiger partial charge in [0.1, 0.15) is 5.82 Å². The fraction of sp³-hybridized carbons (Fsp3) is 0.462. The molecule has 0 aliphatic heterocycles. The van der Waals surface area contributed by atoms with E-state index in [1.807, 2.05) is 0 Å². The smallest absolute Gasteiger partial charge is 0.467 e. The van der Waals surface area contributed by atoms with Crippen LogP contribution in [0, 0.1) is 5.82 Å². The standard InChI is InChI=1S/C13H14F4O5S/c1-21-12(18)11(22-23(19,20)13(15,16)17)4-2-3-9-5-7-10(14)8-6-9/h5-8,11H,2-4H2,1H3. The molecular weight excluding hydrogens is 344 g/mol. The number of esters is 1. The van der Waals surface area contributed by atoms with Crippen LogP contribution in [-0.4, -0.2) is 33.1 Å². The van der Waals surface area contributed by atoms with Gasteiger partial charge in [0.2, 0.25) is 0 Å². The van der Waals surface area contributed by atoms with Crippen LogP contribution in [0.5, 0.6) is 0 Å². The minimum atomic E-state index is -5.90. The fourth-order valence-corrected chi connectivity index (χ4v) is 2.28. The van der Waals surface area contributed by atoms with Crippen molar-refractivity contribution in [2.75, 3.05) is 7.11 Å². The molecule has 5 nitrogen and oxygen atoms in total. The first-order valence-corrected chi connectivity index (χ1v) is 7.79. The summed E-state index contributed by atoms with van der Waals surface area (Å²) in [4.78, 5) is 11.4. The lowest BCUT2D eigenvalue weighted by Gasteiger charge is -2.16. The summed E-state index contributed by atoms with van der Waals surface area (Å²) in [5, 5.41) is 0. The fourth-order valence-electron chi connectivity index (χ4n) is 1.69. The second-order valence-electron chi connectivity index (χ2n) is 4.53. The zero-order chi connectivity index (χ0) is 17.7. The van der Waals surface area contributed by atoms with E-state index in [9.17, 15) is 30.8 Å². The monoisotopic (exact) mass is 358 g/mol. The Labute approximate surface area is 130 Å². The van der Waals surface area contributed by atoms with E-state index >= 15 is 0 Å². The minimum absolute atomic E-state index is 0.138. The number of rotatable bonds is 7. The highest BCUT2D eigenvalue weighted by atomic mass is 32.2. The van der Waals surface area contributed by atoms with Crippen LogP contribution in [0.15, 0.2) is 24.3 Å². The molecule has 0 aliphatic carbocycles. The number of alkyl halides is 3. The van der Waals surface area contributed by atoms with Crippen LogP contribution >= 0.6 is 0 Å². The van der Waals surface area contributed by atoms with Crippen LogP contribution in [-0.2, 0) is 30.3 Å². The third-order valence-corrected chi connectivity index (χ3v) is 3.89. The molecular formula is C13H14F4O5S. The van der Waals surface area contributed by atoms with E-state index in [1.54, 1.807) is 0 Å². The SMILES string of the molecule is COC(=O)C(CCCc1ccc(F)cc1)OS(=O)(=O)C(F)(F)F. The Hall–Kier alpha value is -1.68. The third kappa shape index (κ3) is 5.79. The van der Waals surface area contributed by atoms with Crippen molar-refractivity contribution in [1.29, 1.82) is 0 Å². The summed E-state index contributed by atoms with van der Waals surface area (Å²) in [5.41, 5.74) is -4.95. The van der Waals surface area contributed by atoms with Crippen molar-refractivity contribution in [3.63, 3.8) is 0 Å². The van der Waals surface area contributed by atoms with Crippen LogP contribution in [0.25, 0.3) is 0 Å². The van der Waals surface area contributed by atoms with Gasteiger partial charge in [0.15, 0.2) is 6.10 Å². The van der Waals surface area contributed by atoms with Gasteiger partial charge in [-0.1, -0.05) is 12.1 Å². The van der Waals surface area contributed by atoms with E-state index in [0.29, 0.717) is 12.0 Å². The minimum Gasteiger partial charge on any atom is -0.467 e. The van der Waals surface area contributed by atoms with Crippen LogP contribution in [0.4, 0.5) is 17.6 Å². The first-order valence-electron chi connectivity index (χ1n) is 6.38. The molecule has 10 heteroatoms. The molecule has 0 saturated carbocycles. The van der Waals surface area contributed by atoms with Crippen molar-refractivity contribution in [1.82, 2.24) is 0 Å². The van der Waals surface area contributed by atoms with E-state index in [2.05, 4.69) is 8.92 Å². The molecule has 0 bridgehead atoms. The molecule has 0 amide bonds. The predicted molar refractivity (Wildman–Crippen MR) is 71.2 cm³/mol. The molecule has 0 saturated heterocycles. The average molecular weight is 358 g/mol. The number of carbonyl (C=O) groups excluding carboxylic acids is 1. The summed E-state index contributed by atoms with van der Waals surface area (Å²) < 4.78 is 79.7. The van der Waals surface area contributed by atoms with Crippen molar-refractivity contribution < 1.29 is 39.7 Å². The second-order valence-corrected chi connectivity index (χ2v) is 6.09. The summed E-state index contributed by atoms with van der Waals surface area (Å²) in [6.45, 7) is 0. The van der Waals surface area contributed by atoms with Gasteiger partial charge in [0, 0.05) is 0 Å². The zero-order valence-corrected chi connectivity index (χ0v) is 12.8. The van der Waals surface area contributed by atoms with Crippen LogP contribution in [0.3, 0.4) is 0 Å². The van der Waals surface area contributed by atoms with Crippen molar-refractivity contribution in [2.45, 2.75) is 30.9 Å². The number of aryl methyl sites for hydroxylation is 1. The Bertz CT molecular complexity index is 625. The van der Waals surface area contributed by atoms with Crippen molar-refractivity contribution in [3.8, 4) is 0 Å². The van der Waals surface area contributed by atoms with Gasteiger partial charge in [0.05, 0.1) is 7.11 Å². The molecule has 1 aromatic rings. The summed E-state index contributed by atoms with van der Waals surface area (Å²) in [6.07, 6.45) is -1.77. The van der Waals surface area contributed by atoms with Crippen LogP contribution in [0.1, 0.15) is 18.4 Å². The molecule has 1 unspecified atom stereocenters. The zero-order valence-electron chi connectivity index (χ0n) is 12.0. The van der Waals surface area contributed by atoms with Gasteiger partial charge in [-0.05, 0) is 37.0 Å². The molecule has 1 atom stereocenters. The molecule has 0 fully saturated rings. The number of carbonyl (C=O) groups is 1. The Morgan fingerprint density at radius 1 is 1.22 bits per heavy atom. The van der Waals surface area contributed by atoms with Gasteiger partial charge in [0.25, 0.3) is 0 Å². The number of halogens is 4. The van der Waals surface area contributed by atoms with Crippen molar-refractivity contribution in [3.05, 3.63) is 35.6 Å². The molecule has 23 heavy (non-hydrogen) atoms. The largest absolute Gasteiger partial charge is 0.523 e. The molecule has 0 spiro atoms. The third-order valence-electron chi connectivity index (χ3n) is 2.84. The van der Waals surface area contributed by atoms with E-state index in [-0.39, 0.29) is 12.8 Å². The number of hydrogen-bond acceptors (Lipinski definition) is 5. The summed E-state index contributed by atoms with van der Waals surface area (Å²) >= 11 is 0. The molecule has 1 aromatic carbocycles. The van der Waals surface area contributed by atoms with Gasteiger partial charge in [-0.2, -0.15) is 21.6 Å². The topological polar surface area (TPSA) is 69.7 Å². The van der Waals surface area contributed by atoms with Crippen molar-refractivity contribution >= 4 is 16.1 Å². The first kappa shape index (κ1) is 19.4. The highest BCUT2D eigenvalue weighted by Gasteiger charge is 2.49. The van der Waals surface area contributed by atoms with E-state index < -0.39 is 33.5 Å². The average Bonchev–Trinajstić information content (AvgIpc) is 2.46. The number of hydrogen-bond donors (Lipinski definition) is 0. The summed E-state index contributed by atoms with van der Waals surface area (Å²) in [5.74, 6) is -1.67. The maximum atomic E-state index is 12.7. The lowest BCUT2D eigenvalue weighted by Crippen LogP contribution is -2.34. The molecule has 130 valence electrons. The summed E-state index contributed by atoms with van der Waals surface area (Å²) in [6, 6.07) is 5.35. The number of methoxy groups -OCH3 is 1. The maximum Gasteiger partial charge on any atom is 0.523 e. The quantitative estimate of drug-likeness (QED) is 0.324. The van der Waals surface area contributed by atoms with Gasteiger partial charge in [-0.3, -0.25) is 0 Å². The van der Waals surface area contributed by atoms with Crippen molar-refractivity contribution in [2.24, 2.45) is 0 Å². The van der Waals surface area contributed by atoms with E-state index in [1.165, 1.54) is 24.3 Å².